The van der Waals surface area contributed by atoms with Gasteiger partial charge in [-0.05, 0) is 29.8 Å². The minimum atomic E-state index is -0.257. The molecule has 0 radical (unpaired) electrons. The van der Waals surface area contributed by atoms with Gasteiger partial charge in [0.1, 0.15) is 5.76 Å². The largest absolute Gasteiger partial charge is 0.467 e. The Hall–Kier alpha value is -3.00. The first kappa shape index (κ1) is 19.0. The van der Waals surface area contributed by atoms with Crippen molar-refractivity contribution in [2.24, 2.45) is 5.92 Å². The number of hydrogen-bond donors (Lipinski definition) is 0. The molecule has 3 aliphatic heterocycles. The number of rotatable bonds is 5. The van der Waals surface area contributed by atoms with Crippen molar-refractivity contribution >= 4 is 11.8 Å². The molecule has 158 valence electrons. The number of furan rings is 1. The summed E-state index contributed by atoms with van der Waals surface area (Å²) in [7, 11) is 0. The Kier molecular flexibility index (Phi) is 5.08. The van der Waals surface area contributed by atoms with Crippen molar-refractivity contribution in [2.75, 3.05) is 39.5 Å². The van der Waals surface area contributed by atoms with E-state index >= 15 is 0 Å². The summed E-state index contributed by atoms with van der Waals surface area (Å²) in [6, 6.07) is 9.69. The van der Waals surface area contributed by atoms with Gasteiger partial charge in [-0.2, -0.15) is 0 Å². The smallest absolute Gasteiger partial charge is 0.231 e. The highest BCUT2D eigenvalue weighted by Gasteiger charge is 2.37. The summed E-state index contributed by atoms with van der Waals surface area (Å²) in [5, 5.41) is 0. The van der Waals surface area contributed by atoms with Crippen LogP contribution in [0.3, 0.4) is 0 Å². The molecule has 2 saturated heterocycles. The number of ether oxygens (including phenoxy) is 2. The molecule has 1 aromatic heterocycles. The summed E-state index contributed by atoms with van der Waals surface area (Å²) >= 11 is 0. The van der Waals surface area contributed by atoms with E-state index in [4.69, 9.17) is 13.9 Å². The van der Waals surface area contributed by atoms with E-state index in [1.165, 1.54) is 5.56 Å². The first-order chi connectivity index (χ1) is 14.7. The zero-order valence-electron chi connectivity index (χ0n) is 16.8. The lowest BCUT2D eigenvalue weighted by Gasteiger charge is -2.36. The molecule has 1 aromatic carbocycles. The normalized spacial score (nSPS) is 21.5. The van der Waals surface area contributed by atoms with Gasteiger partial charge in [0.25, 0.3) is 0 Å². The van der Waals surface area contributed by atoms with Crippen LogP contribution in [0.4, 0.5) is 0 Å². The number of carbonyl (C=O) groups excluding carboxylic acids is 2. The average Bonchev–Trinajstić information content (AvgIpc) is 3.50. The Balaban J connectivity index is 1.12. The molecule has 3 aliphatic rings. The van der Waals surface area contributed by atoms with E-state index < -0.39 is 0 Å². The summed E-state index contributed by atoms with van der Waals surface area (Å²) in [6.07, 6.45) is 1.89. The van der Waals surface area contributed by atoms with Crippen LogP contribution >= 0.6 is 0 Å². The van der Waals surface area contributed by atoms with Gasteiger partial charge >= 0.3 is 0 Å². The third-order valence-corrected chi connectivity index (χ3v) is 6.02. The fraction of sp³-hybridized carbons (Fsp3) is 0.455. The second-order valence-corrected chi connectivity index (χ2v) is 8.04. The predicted molar refractivity (Wildman–Crippen MR) is 107 cm³/mol. The molecule has 5 rings (SSSR count). The summed E-state index contributed by atoms with van der Waals surface area (Å²) in [6.45, 7) is 5.00. The maximum atomic E-state index is 13.0. The molecule has 2 fully saturated rings. The standard InChI is InChI=1S/C22H25N3O5/c26-21-11-17(13-25(21)14-18-2-1-9-28-18)22(27)24-7-5-23(6-8-24)12-16-3-4-19-20(10-16)30-15-29-19/h1-4,9-10,17H,5-8,11-15H2. The van der Waals surface area contributed by atoms with Gasteiger partial charge in [0.15, 0.2) is 11.5 Å². The van der Waals surface area contributed by atoms with Crippen molar-refractivity contribution in [3.8, 4) is 11.5 Å². The number of carbonyl (C=O) groups is 2. The van der Waals surface area contributed by atoms with Crippen LogP contribution in [0.15, 0.2) is 41.0 Å². The molecular formula is C22H25N3O5. The highest BCUT2D eigenvalue weighted by Crippen LogP contribution is 2.33. The van der Waals surface area contributed by atoms with E-state index in [0.29, 0.717) is 26.2 Å². The van der Waals surface area contributed by atoms with E-state index in [1.54, 1.807) is 11.2 Å². The number of fused-ring (bicyclic) bond motifs is 1. The van der Waals surface area contributed by atoms with E-state index in [-0.39, 0.29) is 30.9 Å². The summed E-state index contributed by atoms with van der Waals surface area (Å²) in [4.78, 5) is 31.2. The maximum Gasteiger partial charge on any atom is 0.231 e. The number of nitrogens with zero attached hydrogens (tertiary/aromatic N) is 3. The second kappa shape index (κ2) is 8.02. The van der Waals surface area contributed by atoms with Gasteiger partial charge in [0.2, 0.25) is 18.6 Å². The number of hydrogen-bond acceptors (Lipinski definition) is 6. The Labute approximate surface area is 174 Å². The molecule has 0 aliphatic carbocycles. The van der Waals surface area contributed by atoms with Gasteiger partial charge in [-0.1, -0.05) is 6.07 Å². The zero-order chi connectivity index (χ0) is 20.5. The zero-order valence-corrected chi connectivity index (χ0v) is 16.8. The predicted octanol–water partition coefficient (Wildman–Crippen LogP) is 1.70. The lowest BCUT2D eigenvalue weighted by molar-refractivity contribution is -0.137. The first-order valence-electron chi connectivity index (χ1n) is 10.4. The molecule has 1 atom stereocenters. The summed E-state index contributed by atoms with van der Waals surface area (Å²) in [5.41, 5.74) is 1.17. The molecule has 4 heterocycles. The Bertz CT molecular complexity index is 921. The molecule has 1 unspecified atom stereocenters. The van der Waals surface area contributed by atoms with E-state index in [2.05, 4.69) is 11.0 Å². The lowest BCUT2D eigenvalue weighted by Crippen LogP contribution is -2.50. The van der Waals surface area contributed by atoms with Crippen LogP contribution in [0.2, 0.25) is 0 Å². The van der Waals surface area contributed by atoms with Crippen molar-refractivity contribution in [1.29, 1.82) is 0 Å². The van der Waals surface area contributed by atoms with Crippen molar-refractivity contribution in [3.63, 3.8) is 0 Å². The van der Waals surface area contributed by atoms with Crippen molar-refractivity contribution < 1.29 is 23.5 Å². The highest BCUT2D eigenvalue weighted by atomic mass is 16.7. The van der Waals surface area contributed by atoms with Gasteiger partial charge in [0, 0.05) is 45.7 Å². The third-order valence-electron chi connectivity index (χ3n) is 6.02. The maximum absolute atomic E-state index is 13.0. The SMILES string of the molecule is O=C1CC(C(=O)N2CCN(Cc3ccc4c(c3)OCO4)CC2)CN1Cc1ccco1. The number of benzene rings is 1. The monoisotopic (exact) mass is 411 g/mol. The quantitative estimate of drug-likeness (QED) is 0.746. The fourth-order valence-corrected chi connectivity index (χ4v) is 4.36. The number of piperazine rings is 1. The molecule has 2 amide bonds. The molecule has 30 heavy (non-hydrogen) atoms. The minimum absolute atomic E-state index is 0.0196. The highest BCUT2D eigenvalue weighted by molar-refractivity contribution is 5.89. The van der Waals surface area contributed by atoms with Crippen LogP contribution in [0, 0.1) is 5.92 Å². The molecule has 0 bridgehead atoms. The van der Waals surface area contributed by atoms with Crippen LogP contribution in [-0.4, -0.2) is 66.0 Å². The molecule has 8 nitrogen and oxygen atoms in total. The number of likely N-dealkylation sites (tertiary alicyclic amines) is 1. The van der Waals surface area contributed by atoms with Crippen LogP contribution in [0.25, 0.3) is 0 Å². The fourth-order valence-electron chi connectivity index (χ4n) is 4.36. The van der Waals surface area contributed by atoms with Crippen LogP contribution in [-0.2, 0) is 22.7 Å². The van der Waals surface area contributed by atoms with Gasteiger partial charge in [-0.15, -0.1) is 0 Å². The third kappa shape index (κ3) is 3.87. The van der Waals surface area contributed by atoms with Gasteiger partial charge in [-0.3, -0.25) is 14.5 Å². The average molecular weight is 411 g/mol. The summed E-state index contributed by atoms with van der Waals surface area (Å²) in [5.74, 6) is 2.19. The molecular weight excluding hydrogens is 386 g/mol. The van der Waals surface area contributed by atoms with Crippen LogP contribution < -0.4 is 9.47 Å². The Morgan fingerprint density at radius 1 is 1.03 bits per heavy atom. The summed E-state index contributed by atoms with van der Waals surface area (Å²) < 4.78 is 16.1. The minimum Gasteiger partial charge on any atom is -0.467 e. The van der Waals surface area contributed by atoms with Gasteiger partial charge in [0.05, 0.1) is 18.7 Å². The van der Waals surface area contributed by atoms with Gasteiger partial charge < -0.3 is 23.7 Å². The lowest BCUT2D eigenvalue weighted by atomic mass is 10.1. The molecule has 2 aromatic rings. The van der Waals surface area contributed by atoms with E-state index in [9.17, 15) is 9.59 Å². The molecule has 0 N–H and O–H groups in total. The molecule has 0 saturated carbocycles. The van der Waals surface area contributed by atoms with E-state index in [0.717, 1.165) is 36.9 Å². The van der Waals surface area contributed by atoms with Gasteiger partial charge in [-0.25, -0.2) is 0 Å². The van der Waals surface area contributed by atoms with Crippen molar-refractivity contribution in [3.05, 3.63) is 47.9 Å². The molecule has 0 spiro atoms. The van der Waals surface area contributed by atoms with Crippen LogP contribution in [0.1, 0.15) is 17.7 Å². The number of amides is 2. The second-order valence-electron chi connectivity index (χ2n) is 8.04. The molecule has 8 heteroatoms. The first-order valence-corrected chi connectivity index (χ1v) is 10.4. The van der Waals surface area contributed by atoms with Crippen molar-refractivity contribution in [2.45, 2.75) is 19.5 Å². The Morgan fingerprint density at radius 3 is 2.67 bits per heavy atom. The van der Waals surface area contributed by atoms with Crippen molar-refractivity contribution in [1.82, 2.24) is 14.7 Å². The van der Waals surface area contributed by atoms with E-state index in [1.807, 2.05) is 29.2 Å². The van der Waals surface area contributed by atoms with Crippen LogP contribution in [0.5, 0.6) is 11.5 Å². The Morgan fingerprint density at radius 2 is 1.87 bits per heavy atom. The topological polar surface area (TPSA) is 75.5 Å².